The van der Waals surface area contributed by atoms with Crippen molar-refractivity contribution in [3.8, 4) is 0 Å². The maximum Gasteiger partial charge on any atom is 0.0261 e. The van der Waals surface area contributed by atoms with Gasteiger partial charge in [-0.25, -0.2) is 0 Å². The molecule has 0 radical (unpaired) electrons. The number of fused-ring (bicyclic) bond motifs is 1. The Morgan fingerprint density at radius 1 is 1.45 bits per heavy atom. The first-order chi connectivity index (χ1) is 5.24. The molecule has 0 aromatic rings. The fourth-order valence-electron chi connectivity index (χ4n) is 2.68. The van der Waals surface area contributed by atoms with Crippen LogP contribution in [0.2, 0.25) is 0 Å². The highest BCUT2D eigenvalue weighted by atomic mass is 15.3. The normalized spacial score (nSPS) is 43.1. The van der Waals surface area contributed by atoms with Crippen LogP contribution in [0.15, 0.2) is 0 Å². The van der Waals surface area contributed by atoms with E-state index in [4.69, 9.17) is 0 Å². The quantitative estimate of drug-likeness (QED) is 0.629. The molecule has 2 heteroatoms. The average molecular weight is 154 g/mol. The molecule has 0 amide bonds. The minimum atomic E-state index is 0.739. The third kappa shape index (κ3) is 0.926. The summed E-state index contributed by atoms with van der Waals surface area (Å²) in [7, 11) is 2.09. The largest absolute Gasteiger partial charge is 0.315 e. The van der Waals surface area contributed by atoms with Crippen LogP contribution < -0.4 is 5.32 Å². The summed E-state index contributed by atoms with van der Waals surface area (Å²) in [5.41, 5.74) is 0. The van der Waals surface area contributed by atoms with Crippen molar-refractivity contribution >= 4 is 0 Å². The molecule has 2 aliphatic heterocycles. The third-order valence-corrected chi connectivity index (χ3v) is 3.33. The highest BCUT2D eigenvalue weighted by Gasteiger charge is 2.51. The molecule has 2 bridgehead atoms. The smallest absolute Gasteiger partial charge is 0.0261 e. The molecule has 64 valence electrons. The van der Waals surface area contributed by atoms with Gasteiger partial charge in [0.15, 0.2) is 0 Å². The Morgan fingerprint density at radius 2 is 2.18 bits per heavy atom. The minimum absolute atomic E-state index is 0.739. The lowest BCUT2D eigenvalue weighted by Gasteiger charge is -2.37. The lowest BCUT2D eigenvalue weighted by atomic mass is 9.80. The molecule has 3 rings (SSSR count). The van der Waals surface area contributed by atoms with Gasteiger partial charge in [-0.3, -0.25) is 4.90 Å². The van der Waals surface area contributed by atoms with Gasteiger partial charge < -0.3 is 5.32 Å². The molecule has 1 N–H and O–H groups in total. The Hall–Kier alpha value is -0.0800. The zero-order valence-electron chi connectivity index (χ0n) is 7.67. The standard InChI is InChI=1S/C9H18N2/c1-6(2)11-5-7-4-8(11)9(7)10-3/h6-10H,4-5H2,1-3H3/t7-,8-,9?/m0/s1. The third-order valence-electron chi connectivity index (χ3n) is 3.33. The molecule has 2 nitrogen and oxygen atoms in total. The van der Waals surface area contributed by atoms with Crippen molar-refractivity contribution in [3.63, 3.8) is 0 Å². The van der Waals surface area contributed by atoms with E-state index in [0.717, 1.165) is 24.0 Å². The zero-order chi connectivity index (χ0) is 8.01. The SMILES string of the molecule is CNC1[C@H]2C[C@@H]1N(C(C)C)C2. The second-order valence-corrected chi connectivity index (χ2v) is 4.17. The van der Waals surface area contributed by atoms with E-state index in [1.165, 1.54) is 13.0 Å². The van der Waals surface area contributed by atoms with E-state index >= 15 is 0 Å². The summed E-state index contributed by atoms with van der Waals surface area (Å²) in [6.07, 6.45) is 1.43. The molecule has 1 aliphatic carbocycles. The van der Waals surface area contributed by atoms with Crippen LogP contribution in [-0.4, -0.2) is 36.6 Å². The highest BCUT2D eigenvalue weighted by molar-refractivity contribution is 5.08. The van der Waals surface area contributed by atoms with Gasteiger partial charge in [0.2, 0.25) is 0 Å². The highest BCUT2D eigenvalue weighted by Crippen LogP contribution is 2.41. The van der Waals surface area contributed by atoms with E-state index in [0.29, 0.717) is 0 Å². The van der Waals surface area contributed by atoms with Crippen LogP contribution in [0.5, 0.6) is 0 Å². The van der Waals surface area contributed by atoms with Gasteiger partial charge in [-0.2, -0.15) is 0 Å². The Bertz CT molecular complexity index is 156. The lowest BCUT2D eigenvalue weighted by Crippen LogP contribution is -2.52. The van der Waals surface area contributed by atoms with Gasteiger partial charge in [0, 0.05) is 24.7 Å². The van der Waals surface area contributed by atoms with Crippen LogP contribution >= 0.6 is 0 Å². The van der Waals surface area contributed by atoms with Gasteiger partial charge in [0.25, 0.3) is 0 Å². The number of hydrogen-bond acceptors (Lipinski definition) is 2. The van der Waals surface area contributed by atoms with E-state index in [1.807, 2.05) is 0 Å². The molecule has 2 saturated heterocycles. The van der Waals surface area contributed by atoms with Gasteiger partial charge in [-0.15, -0.1) is 0 Å². The molecule has 1 saturated carbocycles. The molecule has 0 aromatic heterocycles. The van der Waals surface area contributed by atoms with Gasteiger partial charge >= 0.3 is 0 Å². The van der Waals surface area contributed by atoms with Crippen LogP contribution in [0.1, 0.15) is 20.3 Å². The molecule has 11 heavy (non-hydrogen) atoms. The van der Waals surface area contributed by atoms with Crippen LogP contribution in [0, 0.1) is 5.92 Å². The van der Waals surface area contributed by atoms with E-state index in [1.54, 1.807) is 0 Å². The molecule has 2 heterocycles. The first kappa shape index (κ1) is 7.56. The fraction of sp³-hybridized carbons (Fsp3) is 1.00. The molecular weight excluding hydrogens is 136 g/mol. The van der Waals surface area contributed by atoms with Crippen LogP contribution in [0.4, 0.5) is 0 Å². The predicted octanol–water partition coefficient (Wildman–Crippen LogP) is 0.687. The summed E-state index contributed by atoms with van der Waals surface area (Å²) in [5, 5.41) is 3.41. The van der Waals surface area contributed by atoms with E-state index < -0.39 is 0 Å². The number of likely N-dealkylation sites (N-methyl/N-ethyl adjacent to an activating group) is 1. The molecule has 3 aliphatic rings. The van der Waals surface area contributed by atoms with Crippen molar-refractivity contribution in [3.05, 3.63) is 0 Å². The van der Waals surface area contributed by atoms with Crippen LogP contribution in [0.25, 0.3) is 0 Å². The summed E-state index contributed by atoms with van der Waals surface area (Å²) in [4.78, 5) is 2.63. The molecular formula is C9H18N2. The molecule has 0 aromatic carbocycles. The first-order valence-electron chi connectivity index (χ1n) is 4.67. The zero-order valence-corrected chi connectivity index (χ0v) is 7.67. The second kappa shape index (κ2) is 2.46. The monoisotopic (exact) mass is 154 g/mol. The van der Waals surface area contributed by atoms with Crippen molar-refractivity contribution in [2.24, 2.45) is 5.92 Å². The number of nitrogens with one attached hydrogen (secondary N) is 1. The fourth-order valence-corrected chi connectivity index (χ4v) is 2.68. The lowest BCUT2D eigenvalue weighted by molar-refractivity contribution is 0.165. The van der Waals surface area contributed by atoms with E-state index in [2.05, 4.69) is 31.1 Å². The number of nitrogens with zero attached hydrogens (tertiary/aromatic N) is 1. The Labute approximate surface area is 69.0 Å². The second-order valence-electron chi connectivity index (χ2n) is 4.17. The van der Waals surface area contributed by atoms with Gasteiger partial charge in [-0.1, -0.05) is 0 Å². The van der Waals surface area contributed by atoms with E-state index in [-0.39, 0.29) is 0 Å². The molecule has 3 fully saturated rings. The number of hydrogen-bond donors (Lipinski definition) is 1. The maximum atomic E-state index is 3.41. The molecule has 0 spiro atoms. The summed E-state index contributed by atoms with van der Waals surface area (Å²) in [6.45, 7) is 5.93. The van der Waals surface area contributed by atoms with Crippen molar-refractivity contribution < 1.29 is 0 Å². The molecule has 1 unspecified atom stereocenters. The molecule has 3 atom stereocenters. The van der Waals surface area contributed by atoms with Crippen LogP contribution in [-0.2, 0) is 0 Å². The summed E-state index contributed by atoms with van der Waals surface area (Å²) in [5.74, 6) is 0.951. The average Bonchev–Trinajstić information content (AvgIpc) is 2.41. The van der Waals surface area contributed by atoms with E-state index in [9.17, 15) is 0 Å². The van der Waals surface area contributed by atoms with Crippen molar-refractivity contribution in [1.29, 1.82) is 0 Å². The van der Waals surface area contributed by atoms with Crippen molar-refractivity contribution in [2.75, 3.05) is 13.6 Å². The summed E-state index contributed by atoms with van der Waals surface area (Å²) >= 11 is 0. The minimum Gasteiger partial charge on any atom is -0.315 e. The maximum absolute atomic E-state index is 3.41. The Kier molecular flexibility index (Phi) is 1.69. The Morgan fingerprint density at radius 3 is 2.55 bits per heavy atom. The summed E-state index contributed by atoms with van der Waals surface area (Å²) in [6, 6.07) is 2.39. The first-order valence-corrected chi connectivity index (χ1v) is 4.67. The van der Waals surface area contributed by atoms with Crippen molar-refractivity contribution in [2.45, 2.75) is 38.4 Å². The summed E-state index contributed by atoms with van der Waals surface area (Å²) < 4.78 is 0. The van der Waals surface area contributed by atoms with Gasteiger partial charge in [-0.05, 0) is 33.2 Å². The van der Waals surface area contributed by atoms with Gasteiger partial charge in [0.1, 0.15) is 0 Å². The topological polar surface area (TPSA) is 15.3 Å². The predicted molar refractivity (Wildman–Crippen MR) is 46.6 cm³/mol. The number of rotatable bonds is 2. The van der Waals surface area contributed by atoms with Gasteiger partial charge in [0.05, 0.1) is 0 Å². The van der Waals surface area contributed by atoms with Crippen molar-refractivity contribution in [1.82, 2.24) is 10.2 Å². The van der Waals surface area contributed by atoms with Crippen LogP contribution in [0.3, 0.4) is 0 Å². The Balaban J connectivity index is 2.00.